The van der Waals surface area contributed by atoms with Crippen LogP contribution < -0.4 is 0 Å². The summed E-state index contributed by atoms with van der Waals surface area (Å²) < 4.78 is 0. The predicted molar refractivity (Wildman–Crippen MR) is 137 cm³/mol. The Kier molecular flexibility index (Phi) is 11.3. The lowest BCUT2D eigenvalue weighted by Crippen LogP contribution is -2.24. The van der Waals surface area contributed by atoms with Gasteiger partial charge < -0.3 is 10.2 Å². The number of carboxylic acids is 1. The smallest absolute Gasteiger partial charge is 0.307 e. The molecule has 184 valence electrons. The molecule has 3 nitrogen and oxygen atoms in total. The van der Waals surface area contributed by atoms with Gasteiger partial charge in [-0.2, -0.15) is 0 Å². The largest absolute Gasteiger partial charge is 0.507 e. The van der Waals surface area contributed by atoms with Gasteiger partial charge in [0.2, 0.25) is 0 Å². The monoisotopic (exact) mass is 446 g/mol. The SMILES string of the molecule is CCCCCCCCC(c1cc(C(C)(C)C)c(O)c(C(C)(C)C)c1)C(CCCC)C(=O)O. The van der Waals surface area contributed by atoms with Gasteiger partial charge >= 0.3 is 5.97 Å². The maximum absolute atomic E-state index is 12.4. The molecular formula is C29H50O3. The maximum Gasteiger partial charge on any atom is 0.307 e. The quantitative estimate of drug-likeness (QED) is 0.298. The van der Waals surface area contributed by atoms with Crippen LogP contribution in [0.3, 0.4) is 0 Å². The molecule has 0 spiro atoms. The van der Waals surface area contributed by atoms with Crippen LogP contribution in [0.4, 0.5) is 0 Å². The number of phenols is 1. The molecule has 0 aliphatic carbocycles. The molecule has 1 aromatic carbocycles. The van der Waals surface area contributed by atoms with E-state index in [9.17, 15) is 15.0 Å². The van der Waals surface area contributed by atoms with E-state index in [1.54, 1.807) is 0 Å². The van der Waals surface area contributed by atoms with Crippen molar-refractivity contribution in [2.45, 2.75) is 136 Å². The maximum atomic E-state index is 12.4. The third-order valence-electron chi connectivity index (χ3n) is 6.72. The number of aromatic hydroxyl groups is 1. The van der Waals surface area contributed by atoms with Gasteiger partial charge in [-0.3, -0.25) is 4.79 Å². The van der Waals surface area contributed by atoms with Crippen molar-refractivity contribution in [2.24, 2.45) is 5.92 Å². The minimum atomic E-state index is -0.683. The van der Waals surface area contributed by atoms with Gasteiger partial charge in [0.25, 0.3) is 0 Å². The van der Waals surface area contributed by atoms with Crippen LogP contribution in [0.2, 0.25) is 0 Å². The van der Waals surface area contributed by atoms with Crippen molar-refractivity contribution in [3.63, 3.8) is 0 Å². The molecule has 0 amide bonds. The number of carbonyl (C=O) groups is 1. The molecule has 1 aromatic rings. The molecular weight excluding hydrogens is 396 g/mol. The Morgan fingerprint density at radius 3 is 1.69 bits per heavy atom. The average Bonchev–Trinajstić information content (AvgIpc) is 2.67. The van der Waals surface area contributed by atoms with Gasteiger partial charge in [0.15, 0.2) is 0 Å². The number of hydrogen-bond donors (Lipinski definition) is 2. The zero-order valence-corrected chi connectivity index (χ0v) is 22.2. The Balaban J connectivity index is 3.44. The molecule has 0 aromatic heterocycles. The number of aliphatic carboxylic acids is 1. The summed E-state index contributed by atoms with van der Waals surface area (Å²) in [6, 6.07) is 4.21. The standard InChI is InChI=1S/C29H50O3/c1-9-11-13-14-15-16-18-22(23(27(31)32)17-12-10-2)21-19-24(28(3,4)5)26(30)25(20-21)29(6,7)8/h19-20,22-23,30H,9-18H2,1-8H3,(H,31,32). The molecule has 0 aliphatic rings. The zero-order valence-electron chi connectivity index (χ0n) is 22.2. The second kappa shape index (κ2) is 12.7. The lowest BCUT2D eigenvalue weighted by atomic mass is 9.73. The van der Waals surface area contributed by atoms with Crippen molar-refractivity contribution in [1.29, 1.82) is 0 Å². The van der Waals surface area contributed by atoms with Gasteiger partial charge in [-0.15, -0.1) is 0 Å². The Labute approximate surface area is 198 Å². The van der Waals surface area contributed by atoms with Gasteiger partial charge in [-0.25, -0.2) is 0 Å². The van der Waals surface area contributed by atoms with Crippen molar-refractivity contribution < 1.29 is 15.0 Å². The molecule has 2 unspecified atom stereocenters. The van der Waals surface area contributed by atoms with Crippen molar-refractivity contribution in [1.82, 2.24) is 0 Å². The first kappa shape index (κ1) is 28.5. The van der Waals surface area contributed by atoms with Crippen molar-refractivity contribution in [2.75, 3.05) is 0 Å². The summed E-state index contributed by atoms with van der Waals surface area (Å²) in [5, 5.41) is 21.3. The first-order valence-corrected chi connectivity index (χ1v) is 12.9. The Hall–Kier alpha value is -1.51. The Morgan fingerprint density at radius 1 is 0.781 bits per heavy atom. The van der Waals surface area contributed by atoms with Gasteiger partial charge in [-0.1, -0.05) is 119 Å². The third-order valence-corrected chi connectivity index (χ3v) is 6.72. The van der Waals surface area contributed by atoms with Gasteiger partial charge in [0, 0.05) is 0 Å². The molecule has 0 fully saturated rings. The lowest BCUT2D eigenvalue weighted by Gasteiger charge is -2.31. The highest BCUT2D eigenvalue weighted by atomic mass is 16.4. The van der Waals surface area contributed by atoms with Crippen LogP contribution in [0.25, 0.3) is 0 Å². The third kappa shape index (κ3) is 8.45. The summed E-state index contributed by atoms with van der Waals surface area (Å²) >= 11 is 0. The van der Waals surface area contributed by atoms with E-state index in [0.717, 1.165) is 48.8 Å². The zero-order chi connectivity index (χ0) is 24.5. The predicted octanol–water partition coefficient (Wildman–Crippen LogP) is 8.71. The number of carboxylic acid groups (broad SMARTS) is 1. The molecule has 0 bridgehead atoms. The summed E-state index contributed by atoms with van der Waals surface area (Å²) in [5.74, 6) is -0.714. The van der Waals surface area contributed by atoms with Gasteiger partial charge in [0.05, 0.1) is 5.92 Å². The molecule has 32 heavy (non-hydrogen) atoms. The van der Waals surface area contributed by atoms with Gasteiger partial charge in [0.1, 0.15) is 5.75 Å². The minimum Gasteiger partial charge on any atom is -0.507 e. The highest BCUT2D eigenvalue weighted by Crippen LogP contribution is 2.44. The van der Waals surface area contributed by atoms with E-state index in [1.165, 1.54) is 25.7 Å². The molecule has 0 heterocycles. The summed E-state index contributed by atoms with van der Waals surface area (Å²) in [4.78, 5) is 12.4. The highest BCUT2D eigenvalue weighted by molar-refractivity contribution is 5.71. The number of unbranched alkanes of at least 4 members (excludes halogenated alkanes) is 6. The second-order valence-corrected chi connectivity index (χ2v) is 11.7. The fourth-order valence-corrected chi connectivity index (χ4v) is 4.68. The second-order valence-electron chi connectivity index (χ2n) is 11.7. The van der Waals surface area contributed by atoms with Crippen molar-refractivity contribution in [3.8, 4) is 5.75 Å². The number of rotatable bonds is 13. The van der Waals surface area contributed by atoms with E-state index >= 15 is 0 Å². The fourth-order valence-electron chi connectivity index (χ4n) is 4.68. The van der Waals surface area contributed by atoms with Crippen LogP contribution in [0.5, 0.6) is 5.75 Å². The molecule has 0 saturated heterocycles. The topological polar surface area (TPSA) is 57.5 Å². The van der Waals surface area contributed by atoms with Crippen LogP contribution >= 0.6 is 0 Å². The summed E-state index contributed by atoms with van der Waals surface area (Å²) in [6.07, 6.45) is 10.8. The molecule has 0 saturated carbocycles. The highest BCUT2D eigenvalue weighted by Gasteiger charge is 2.33. The molecule has 0 radical (unpaired) electrons. The van der Waals surface area contributed by atoms with Crippen molar-refractivity contribution >= 4 is 5.97 Å². The van der Waals surface area contributed by atoms with E-state index < -0.39 is 5.97 Å². The summed E-state index contributed by atoms with van der Waals surface area (Å²) in [5.41, 5.74) is 2.51. The molecule has 0 aliphatic heterocycles. The number of hydrogen-bond acceptors (Lipinski definition) is 2. The van der Waals surface area contributed by atoms with Crippen molar-refractivity contribution in [3.05, 3.63) is 28.8 Å². The number of benzene rings is 1. The van der Waals surface area contributed by atoms with Crippen LogP contribution in [0, 0.1) is 5.92 Å². The van der Waals surface area contributed by atoms with E-state index in [0.29, 0.717) is 12.2 Å². The molecule has 2 N–H and O–H groups in total. The van der Waals surface area contributed by atoms with Crippen LogP contribution in [-0.4, -0.2) is 16.2 Å². The molecule has 1 rings (SSSR count). The summed E-state index contributed by atoms with van der Waals surface area (Å²) in [7, 11) is 0. The summed E-state index contributed by atoms with van der Waals surface area (Å²) in [6.45, 7) is 17.1. The van der Waals surface area contributed by atoms with E-state index in [-0.39, 0.29) is 22.7 Å². The van der Waals surface area contributed by atoms with E-state index in [2.05, 4.69) is 67.5 Å². The lowest BCUT2D eigenvalue weighted by molar-refractivity contribution is -0.143. The van der Waals surface area contributed by atoms with E-state index in [4.69, 9.17) is 0 Å². The Bertz CT molecular complexity index is 671. The first-order valence-electron chi connectivity index (χ1n) is 12.9. The fraction of sp³-hybridized carbons (Fsp3) is 0.759. The van der Waals surface area contributed by atoms with E-state index in [1.807, 2.05) is 0 Å². The molecule has 2 atom stereocenters. The average molecular weight is 447 g/mol. The molecule has 3 heteroatoms. The Morgan fingerprint density at radius 2 is 1.25 bits per heavy atom. The van der Waals surface area contributed by atoms with Crippen LogP contribution in [0.1, 0.15) is 142 Å². The normalized spacial score (nSPS) is 14.4. The minimum absolute atomic E-state index is 0.0203. The number of phenolic OH excluding ortho intramolecular Hbond substituents is 1. The van der Waals surface area contributed by atoms with Crippen LogP contribution in [-0.2, 0) is 15.6 Å². The van der Waals surface area contributed by atoms with Gasteiger partial charge in [-0.05, 0) is 46.3 Å². The van der Waals surface area contributed by atoms with Crippen LogP contribution in [0.15, 0.2) is 12.1 Å². The first-order chi connectivity index (χ1) is 14.8.